The average molecular weight is 381 g/mol. The van der Waals surface area contributed by atoms with E-state index in [1.165, 1.54) is 0 Å². The molecule has 0 bridgehead atoms. The Morgan fingerprint density at radius 1 is 0.682 bits per heavy atom. The van der Waals surface area contributed by atoms with Gasteiger partial charge in [-0.1, -0.05) is 0 Å². The van der Waals surface area contributed by atoms with E-state index in [0.717, 1.165) is 12.8 Å². The molecule has 1 aliphatic heterocycles. The van der Waals surface area contributed by atoms with Crippen molar-refractivity contribution in [2.45, 2.75) is 18.8 Å². The quantitative estimate of drug-likeness (QED) is 0.791. The topological polar surface area (TPSA) is 80.6 Å². The summed E-state index contributed by atoms with van der Waals surface area (Å²) in [4.78, 5) is 25.9. The van der Waals surface area contributed by atoms with Gasteiger partial charge in [0.2, 0.25) is 27.1 Å². The molecular formula is C11H9Cl4N7. The first-order valence-electron chi connectivity index (χ1n) is 6.40. The van der Waals surface area contributed by atoms with Crippen LogP contribution in [0.25, 0.3) is 0 Å². The number of piperidine rings is 1. The maximum atomic E-state index is 5.82. The summed E-state index contributed by atoms with van der Waals surface area (Å²) in [5, 5.41) is 0.364. The minimum absolute atomic E-state index is 0.0770. The van der Waals surface area contributed by atoms with Gasteiger partial charge in [0.25, 0.3) is 0 Å². The first kappa shape index (κ1) is 15.9. The van der Waals surface area contributed by atoms with E-state index < -0.39 is 0 Å². The maximum absolute atomic E-state index is 5.82. The first-order chi connectivity index (χ1) is 10.5. The number of hydrogen-bond acceptors (Lipinski definition) is 7. The second-order valence-electron chi connectivity index (χ2n) is 4.67. The van der Waals surface area contributed by atoms with Gasteiger partial charge in [-0.25, -0.2) is 9.97 Å². The Hall–Kier alpha value is -1.02. The smallest absolute Gasteiger partial charge is 0.230 e. The molecule has 0 atom stereocenters. The van der Waals surface area contributed by atoms with E-state index in [1.807, 2.05) is 4.90 Å². The van der Waals surface area contributed by atoms with Crippen LogP contribution in [0.1, 0.15) is 24.6 Å². The van der Waals surface area contributed by atoms with Gasteiger partial charge in [-0.05, 0) is 59.2 Å². The summed E-state index contributed by atoms with van der Waals surface area (Å²) in [6.45, 7) is 1.42. The number of halogens is 4. The standard InChI is InChI=1S/C11H9Cl4N7/c12-7-16-6(17-8(13)18-7)5-1-3-22(4-2-5)11-20-9(14)19-10(15)21-11/h5H,1-4H2. The van der Waals surface area contributed by atoms with Gasteiger partial charge in [-0.15, -0.1) is 0 Å². The van der Waals surface area contributed by atoms with E-state index in [1.54, 1.807) is 0 Å². The van der Waals surface area contributed by atoms with Crippen molar-refractivity contribution in [3.63, 3.8) is 0 Å². The highest BCUT2D eigenvalue weighted by atomic mass is 35.5. The summed E-state index contributed by atoms with van der Waals surface area (Å²) >= 11 is 23.2. The molecule has 0 aliphatic carbocycles. The Labute approximate surface area is 146 Å². The summed E-state index contributed by atoms with van der Waals surface area (Å²) in [7, 11) is 0. The summed E-state index contributed by atoms with van der Waals surface area (Å²) in [5.74, 6) is 1.23. The van der Waals surface area contributed by atoms with Crippen LogP contribution in [-0.4, -0.2) is 43.0 Å². The van der Waals surface area contributed by atoms with Crippen LogP contribution < -0.4 is 4.90 Å². The third-order valence-corrected chi connectivity index (χ3v) is 3.99. The van der Waals surface area contributed by atoms with E-state index in [-0.39, 0.29) is 27.1 Å². The Morgan fingerprint density at radius 2 is 1.14 bits per heavy atom. The highest BCUT2D eigenvalue weighted by Crippen LogP contribution is 2.28. The lowest BCUT2D eigenvalue weighted by Gasteiger charge is -2.31. The largest absolute Gasteiger partial charge is 0.341 e. The molecule has 7 nitrogen and oxygen atoms in total. The van der Waals surface area contributed by atoms with Crippen molar-refractivity contribution >= 4 is 52.4 Å². The SMILES string of the molecule is Clc1nc(Cl)nc(C2CCN(c3nc(Cl)nc(Cl)n3)CC2)n1. The van der Waals surface area contributed by atoms with Crippen LogP contribution in [-0.2, 0) is 0 Å². The second kappa shape index (κ2) is 6.62. The summed E-state index contributed by atoms with van der Waals surface area (Å²) in [5.41, 5.74) is 0. The van der Waals surface area contributed by atoms with Crippen LogP contribution >= 0.6 is 46.4 Å². The molecule has 1 aliphatic rings. The van der Waals surface area contributed by atoms with Gasteiger partial charge in [-0.3, -0.25) is 0 Å². The summed E-state index contributed by atoms with van der Waals surface area (Å²) in [6.07, 6.45) is 1.61. The van der Waals surface area contributed by atoms with Gasteiger partial charge in [-0.2, -0.15) is 19.9 Å². The molecule has 1 saturated heterocycles. The van der Waals surface area contributed by atoms with E-state index in [0.29, 0.717) is 24.9 Å². The molecule has 22 heavy (non-hydrogen) atoms. The Balaban J connectivity index is 1.72. The van der Waals surface area contributed by atoms with Gasteiger partial charge in [0, 0.05) is 19.0 Å². The molecule has 0 aromatic carbocycles. The molecule has 2 aromatic rings. The third kappa shape index (κ3) is 3.65. The minimum atomic E-state index is 0.0770. The highest BCUT2D eigenvalue weighted by Gasteiger charge is 2.25. The van der Waals surface area contributed by atoms with Gasteiger partial charge < -0.3 is 4.90 Å². The molecule has 0 radical (unpaired) electrons. The number of nitrogens with zero attached hydrogens (tertiary/aromatic N) is 7. The van der Waals surface area contributed by atoms with Gasteiger partial charge in [0.1, 0.15) is 5.82 Å². The fourth-order valence-corrected chi connectivity index (χ4v) is 3.05. The van der Waals surface area contributed by atoms with Crippen molar-refractivity contribution < 1.29 is 0 Å². The lowest BCUT2D eigenvalue weighted by molar-refractivity contribution is 0.479. The van der Waals surface area contributed by atoms with Crippen molar-refractivity contribution in [1.82, 2.24) is 29.9 Å². The first-order valence-corrected chi connectivity index (χ1v) is 7.91. The lowest BCUT2D eigenvalue weighted by atomic mass is 9.96. The fraction of sp³-hybridized carbons (Fsp3) is 0.455. The van der Waals surface area contributed by atoms with Crippen LogP contribution in [0.2, 0.25) is 21.1 Å². The summed E-state index contributed by atoms with van der Waals surface area (Å²) in [6, 6.07) is 0. The third-order valence-electron chi connectivity index (χ3n) is 3.31. The molecule has 3 rings (SSSR count). The number of aromatic nitrogens is 6. The molecule has 116 valence electrons. The average Bonchev–Trinajstić information content (AvgIpc) is 2.45. The molecule has 0 amide bonds. The minimum Gasteiger partial charge on any atom is -0.341 e. The molecule has 0 N–H and O–H groups in total. The van der Waals surface area contributed by atoms with Crippen LogP contribution in [0, 0.1) is 0 Å². The van der Waals surface area contributed by atoms with Gasteiger partial charge in [0.15, 0.2) is 0 Å². The Kier molecular flexibility index (Phi) is 4.77. The fourth-order valence-electron chi connectivity index (χ4n) is 2.32. The van der Waals surface area contributed by atoms with E-state index in [2.05, 4.69) is 29.9 Å². The van der Waals surface area contributed by atoms with Crippen molar-refractivity contribution in [3.8, 4) is 0 Å². The molecule has 2 aromatic heterocycles. The maximum Gasteiger partial charge on any atom is 0.230 e. The molecule has 3 heterocycles. The van der Waals surface area contributed by atoms with Crippen LogP contribution in [0.4, 0.5) is 5.95 Å². The van der Waals surface area contributed by atoms with Crippen molar-refractivity contribution in [2.75, 3.05) is 18.0 Å². The highest BCUT2D eigenvalue weighted by molar-refractivity contribution is 6.31. The summed E-state index contributed by atoms with van der Waals surface area (Å²) < 4.78 is 0. The monoisotopic (exact) mass is 379 g/mol. The van der Waals surface area contributed by atoms with Crippen molar-refractivity contribution in [1.29, 1.82) is 0 Å². The van der Waals surface area contributed by atoms with Crippen LogP contribution in [0.3, 0.4) is 0 Å². The number of rotatable bonds is 2. The Bertz CT molecular complexity index is 590. The zero-order chi connectivity index (χ0) is 15.7. The van der Waals surface area contributed by atoms with Crippen LogP contribution in [0.5, 0.6) is 0 Å². The molecule has 11 heteroatoms. The number of anilines is 1. The Morgan fingerprint density at radius 3 is 1.64 bits per heavy atom. The molecule has 1 fully saturated rings. The molecule has 0 unspecified atom stereocenters. The second-order valence-corrected chi connectivity index (χ2v) is 6.02. The van der Waals surface area contributed by atoms with Crippen LogP contribution in [0.15, 0.2) is 0 Å². The van der Waals surface area contributed by atoms with Gasteiger partial charge >= 0.3 is 0 Å². The molecule has 0 saturated carbocycles. The predicted octanol–water partition coefficient (Wildman–Crippen LogP) is 3.05. The van der Waals surface area contributed by atoms with Crippen molar-refractivity contribution in [3.05, 3.63) is 27.0 Å². The normalized spacial score (nSPS) is 16.1. The molecule has 0 spiro atoms. The van der Waals surface area contributed by atoms with Crippen molar-refractivity contribution in [2.24, 2.45) is 0 Å². The lowest BCUT2D eigenvalue weighted by Crippen LogP contribution is -2.34. The zero-order valence-electron chi connectivity index (χ0n) is 11.0. The number of hydrogen-bond donors (Lipinski definition) is 0. The van der Waals surface area contributed by atoms with Gasteiger partial charge in [0.05, 0.1) is 0 Å². The predicted molar refractivity (Wildman–Crippen MR) is 83.9 cm³/mol. The molecular weight excluding hydrogens is 372 g/mol. The van der Waals surface area contributed by atoms with E-state index >= 15 is 0 Å². The zero-order valence-corrected chi connectivity index (χ0v) is 14.1. The van der Waals surface area contributed by atoms with E-state index in [9.17, 15) is 0 Å². The van der Waals surface area contributed by atoms with E-state index in [4.69, 9.17) is 46.4 Å².